The molecule has 0 bridgehead atoms. The molecule has 0 unspecified atom stereocenters. The highest BCUT2D eigenvalue weighted by molar-refractivity contribution is 5.90. The van der Waals surface area contributed by atoms with Gasteiger partial charge in [0.15, 0.2) is 0 Å². The van der Waals surface area contributed by atoms with Crippen LogP contribution in [0, 0.1) is 5.82 Å². The number of aromatic nitrogens is 1. The second-order valence-electron chi connectivity index (χ2n) is 5.02. The molecule has 0 spiro atoms. The van der Waals surface area contributed by atoms with Crippen LogP contribution in [0.2, 0.25) is 0 Å². The summed E-state index contributed by atoms with van der Waals surface area (Å²) in [5, 5.41) is 9.31. The molecule has 0 amide bonds. The third-order valence-electron chi connectivity index (χ3n) is 3.51. The Kier molecular flexibility index (Phi) is 3.56. The first-order valence-electron chi connectivity index (χ1n) is 6.83. The van der Waals surface area contributed by atoms with Gasteiger partial charge in [-0.25, -0.2) is 14.2 Å². The van der Waals surface area contributed by atoms with E-state index in [0.29, 0.717) is 0 Å². The fraction of sp³-hybridized carbons (Fsp3) is 0.250. The normalized spacial score (nSPS) is 13.6. The summed E-state index contributed by atoms with van der Waals surface area (Å²) in [6.07, 6.45) is 3.72. The van der Waals surface area contributed by atoms with Crippen molar-refractivity contribution in [2.75, 3.05) is 0 Å². The Labute approximate surface area is 121 Å². The number of pyridine rings is 1. The SMILES string of the molecule is O=C(O)c1cc2c(nc1Oc1cccc(F)c1)CCCC2. The van der Waals surface area contributed by atoms with Gasteiger partial charge in [0.1, 0.15) is 17.1 Å². The molecule has 1 N–H and O–H groups in total. The van der Waals surface area contributed by atoms with E-state index in [2.05, 4.69) is 4.98 Å². The highest BCUT2D eigenvalue weighted by Crippen LogP contribution is 2.29. The molecule has 108 valence electrons. The zero-order valence-electron chi connectivity index (χ0n) is 11.3. The van der Waals surface area contributed by atoms with Crippen molar-refractivity contribution in [1.82, 2.24) is 4.98 Å². The van der Waals surface area contributed by atoms with Crippen molar-refractivity contribution in [2.45, 2.75) is 25.7 Å². The van der Waals surface area contributed by atoms with Gasteiger partial charge in [0.25, 0.3) is 0 Å². The third-order valence-corrected chi connectivity index (χ3v) is 3.51. The minimum Gasteiger partial charge on any atom is -0.477 e. The molecule has 0 fully saturated rings. The lowest BCUT2D eigenvalue weighted by atomic mass is 9.95. The van der Waals surface area contributed by atoms with E-state index in [9.17, 15) is 14.3 Å². The van der Waals surface area contributed by atoms with Gasteiger partial charge in [-0.15, -0.1) is 0 Å². The van der Waals surface area contributed by atoms with Crippen molar-refractivity contribution < 1.29 is 19.0 Å². The molecule has 1 aliphatic rings. The minimum absolute atomic E-state index is 0.0138. The predicted molar refractivity (Wildman–Crippen MR) is 74.3 cm³/mol. The number of aromatic carboxylic acids is 1. The number of carboxylic acids is 1. The van der Waals surface area contributed by atoms with Crippen LogP contribution in [0.4, 0.5) is 4.39 Å². The topological polar surface area (TPSA) is 59.4 Å². The van der Waals surface area contributed by atoms with Crippen LogP contribution in [0.25, 0.3) is 0 Å². The summed E-state index contributed by atoms with van der Waals surface area (Å²) >= 11 is 0. The molecule has 3 rings (SSSR count). The minimum atomic E-state index is -1.10. The van der Waals surface area contributed by atoms with Crippen molar-refractivity contribution in [1.29, 1.82) is 0 Å². The van der Waals surface area contributed by atoms with Gasteiger partial charge in [-0.2, -0.15) is 0 Å². The maximum atomic E-state index is 13.2. The smallest absolute Gasteiger partial charge is 0.341 e. The molecule has 1 heterocycles. The van der Waals surface area contributed by atoms with Gasteiger partial charge in [0, 0.05) is 11.8 Å². The second kappa shape index (κ2) is 5.52. The largest absolute Gasteiger partial charge is 0.477 e. The van der Waals surface area contributed by atoms with Crippen LogP contribution in [-0.2, 0) is 12.8 Å². The first kappa shape index (κ1) is 13.5. The molecule has 1 aromatic carbocycles. The number of rotatable bonds is 3. The van der Waals surface area contributed by atoms with Crippen molar-refractivity contribution in [3.8, 4) is 11.6 Å². The maximum absolute atomic E-state index is 13.2. The number of aryl methyl sites for hydroxylation is 2. The highest BCUT2D eigenvalue weighted by atomic mass is 19.1. The zero-order chi connectivity index (χ0) is 14.8. The number of nitrogens with zero attached hydrogens (tertiary/aromatic N) is 1. The fourth-order valence-electron chi connectivity index (χ4n) is 2.49. The van der Waals surface area contributed by atoms with E-state index >= 15 is 0 Å². The third kappa shape index (κ3) is 2.86. The van der Waals surface area contributed by atoms with Crippen LogP contribution in [0.1, 0.15) is 34.5 Å². The summed E-state index contributed by atoms with van der Waals surface area (Å²) in [5.41, 5.74) is 1.85. The number of hydrogen-bond donors (Lipinski definition) is 1. The quantitative estimate of drug-likeness (QED) is 0.937. The summed E-state index contributed by atoms with van der Waals surface area (Å²) in [6.45, 7) is 0. The molecule has 0 saturated heterocycles. The number of ether oxygens (including phenoxy) is 1. The standard InChI is InChI=1S/C16H14FNO3/c17-11-5-3-6-12(9-11)21-15-13(16(19)20)8-10-4-1-2-7-14(10)18-15/h3,5-6,8-9H,1-2,4,7H2,(H,19,20). The second-order valence-corrected chi connectivity index (χ2v) is 5.02. The molecular formula is C16H14FNO3. The Bertz CT molecular complexity index is 700. The predicted octanol–water partition coefficient (Wildman–Crippen LogP) is 3.59. The Hall–Kier alpha value is -2.43. The molecule has 0 atom stereocenters. The van der Waals surface area contributed by atoms with Crippen molar-refractivity contribution in [3.05, 3.63) is 53.0 Å². The van der Waals surface area contributed by atoms with Crippen molar-refractivity contribution in [3.63, 3.8) is 0 Å². The molecule has 5 heteroatoms. The van der Waals surface area contributed by atoms with Gasteiger partial charge < -0.3 is 9.84 Å². The van der Waals surface area contributed by atoms with Crippen LogP contribution in [-0.4, -0.2) is 16.1 Å². The Morgan fingerprint density at radius 1 is 1.24 bits per heavy atom. The molecule has 0 aliphatic heterocycles. The molecule has 4 nitrogen and oxygen atoms in total. The number of benzene rings is 1. The van der Waals surface area contributed by atoms with E-state index in [1.165, 1.54) is 18.2 Å². The average Bonchev–Trinajstić information content (AvgIpc) is 2.46. The monoisotopic (exact) mass is 287 g/mol. The summed E-state index contributed by atoms with van der Waals surface area (Å²) < 4.78 is 18.7. The van der Waals surface area contributed by atoms with E-state index in [4.69, 9.17) is 4.74 Å². The van der Waals surface area contributed by atoms with Crippen LogP contribution in [0.15, 0.2) is 30.3 Å². The molecule has 1 aromatic heterocycles. The molecule has 1 aliphatic carbocycles. The molecule has 2 aromatic rings. The molecular weight excluding hydrogens is 273 g/mol. The van der Waals surface area contributed by atoms with Gasteiger partial charge in [-0.05, 0) is 49.4 Å². The van der Waals surface area contributed by atoms with E-state index in [1.54, 1.807) is 12.1 Å². The Balaban J connectivity index is 2.01. The van der Waals surface area contributed by atoms with Crippen LogP contribution in [0.5, 0.6) is 11.6 Å². The molecule has 0 saturated carbocycles. The maximum Gasteiger partial charge on any atom is 0.341 e. The summed E-state index contributed by atoms with van der Waals surface area (Å²) in [6, 6.07) is 7.19. The van der Waals surface area contributed by atoms with Gasteiger partial charge >= 0.3 is 5.97 Å². The number of carbonyl (C=O) groups is 1. The van der Waals surface area contributed by atoms with Gasteiger partial charge in [-0.3, -0.25) is 0 Å². The first-order chi connectivity index (χ1) is 10.1. The summed E-state index contributed by atoms with van der Waals surface area (Å²) in [7, 11) is 0. The van der Waals surface area contributed by atoms with Gasteiger partial charge in [-0.1, -0.05) is 6.07 Å². The lowest BCUT2D eigenvalue weighted by molar-refractivity contribution is 0.0693. The van der Waals surface area contributed by atoms with Crippen molar-refractivity contribution >= 4 is 5.97 Å². The first-order valence-corrected chi connectivity index (χ1v) is 6.83. The summed E-state index contributed by atoms with van der Waals surface area (Å²) in [5.74, 6) is -1.28. The molecule has 21 heavy (non-hydrogen) atoms. The van der Waals surface area contributed by atoms with Crippen LogP contribution < -0.4 is 4.74 Å². The number of halogens is 1. The number of fused-ring (bicyclic) bond motifs is 1. The summed E-state index contributed by atoms with van der Waals surface area (Å²) in [4.78, 5) is 15.7. The number of hydrogen-bond acceptors (Lipinski definition) is 3. The number of carboxylic acid groups (broad SMARTS) is 1. The van der Waals surface area contributed by atoms with Crippen LogP contribution >= 0.6 is 0 Å². The lowest BCUT2D eigenvalue weighted by Gasteiger charge is -2.17. The lowest BCUT2D eigenvalue weighted by Crippen LogP contribution is -2.11. The zero-order valence-corrected chi connectivity index (χ0v) is 11.3. The highest BCUT2D eigenvalue weighted by Gasteiger charge is 2.20. The van der Waals surface area contributed by atoms with E-state index in [0.717, 1.165) is 36.9 Å². The van der Waals surface area contributed by atoms with E-state index < -0.39 is 11.8 Å². The van der Waals surface area contributed by atoms with Gasteiger partial charge in [0.2, 0.25) is 5.88 Å². The van der Waals surface area contributed by atoms with Gasteiger partial charge in [0.05, 0.1) is 0 Å². The average molecular weight is 287 g/mol. The fourth-order valence-corrected chi connectivity index (χ4v) is 2.49. The van der Waals surface area contributed by atoms with E-state index in [-0.39, 0.29) is 17.2 Å². The molecule has 0 radical (unpaired) electrons. The van der Waals surface area contributed by atoms with Crippen LogP contribution in [0.3, 0.4) is 0 Å². The van der Waals surface area contributed by atoms with E-state index in [1.807, 2.05) is 0 Å². The Morgan fingerprint density at radius 3 is 2.81 bits per heavy atom. The van der Waals surface area contributed by atoms with Crippen molar-refractivity contribution in [2.24, 2.45) is 0 Å². The Morgan fingerprint density at radius 2 is 2.05 bits per heavy atom.